The summed E-state index contributed by atoms with van der Waals surface area (Å²) in [6.07, 6.45) is 0.542. The second-order valence-corrected chi connectivity index (χ2v) is 5.10. The van der Waals surface area contributed by atoms with Crippen molar-refractivity contribution in [3.8, 4) is 0 Å². The molecule has 0 radical (unpaired) electrons. The Morgan fingerprint density at radius 2 is 2.00 bits per heavy atom. The molecule has 0 saturated carbocycles. The molecule has 1 saturated heterocycles. The molecule has 0 aromatic heterocycles. The molecule has 88 valence electrons. The van der Waals surface area contributed by atoms with Gasteiger partial charge in [0, 0.05) is 4.90 Å². The minimum atomic E-state index is -0.530. The van der Waals surface area contributed by atoms with Crippen molar-refractivity contribution in [2.45, 2.75) is 35.4 Å². The Kier molecular flexibility index (Phi) is 4.23. The molecule has 3 atom stereocenters. The SMILES string of the molecule is OC[C@H]1OC(Sc2ccccc2)CC[C@@H]1O. The first kappa shape index (κ1) is 11.9. The fourth-order valence-electron chi connectivity index (χ4n) is 1.75. The monoisotopic (exact) mass is 240 g/mol. The zero-order valence-corrected chi connectivity index (χ0v) is 9.77. The van der Waals surface area contributed by atoms with Crippen LogP contribution in [0, 0.1) is 0 Å². The Bertz CT molecular complexity index is 317. The van der Waals surface area contributed by atoms with Crippen molar-refractivity contribution in [3.05, 3.63) is 30.3 Å². The van der Waals surface area contributed by atoms with E-state index in [0.29, 0.717) is 6.42 Å². The molecule has 1 aliphatic rings. The number of benzene rings is 1. The van der Waals surface area contributed by atoms with Gasteiger partial charge in [-0.15, -0.1) is 0 Å². The molecule has 2 rings (SSSR count). The molecule has 0 bridgehead atoms. The van der Waals surface area contributed by atoms with Gasteiger partial charge in [-0.1, -0.05) is 30.0 Å². The summed E-state index contributed by atoms with van der Waals surface area (Å²) in [5.41, 5.74) is 0.0305. The summed E-state index contributed by atoms with van der Waals surface area (Å²) in [5.74, 6) is 0. The third-order valence-electron chi connectivity index (χ3n) is 2.64. The van der Waals surface area contributed by atoms with E-state index >= 15 is 0 Å². The molecule has 1 aliphatic heterocycles. The molecule has 0 aliphatic carbocycles. The standard InChI is InChI=1S/C12H16O3S/c13-8-11-10(14)6-7-12(15-11)16-9-4-2-1-3-5-9/h1-5,10-14H,6-8H2/t10-,11+,12?/m0/s1. The topological polar surface area (TPSA) is 49.7 Å². The molecule has 1 unspecified atom stereocenters. The van der Waals surface area contributed by atoms with Gasteiger partial charge in [0.15, 0.2) is 0 Å². The van der Waals surface area contributed by atoms with E-state index in [0.717, 1.165) is 11.3 Å². The van der Waals surface area contributed by atoms with Gasteiger partial charge < -0.3 is 14.9 Å². The highest BCUT2D eigenvalue weighted by atomic mass is 32.2. The number of aliphatic hydroxyl groups excluding tert-OH is 2. The molecule has 0 amide bonds. The second-order valence-electron chi connectivity index (χ2n) is 3.86. The van der Waals surface area contributed by atoms with Crippen molar-refractivity contribution >= 4 is 11.8 Å². The third-order valence-corrected chi connectivity index (χ3v) is 3.80. The number of aliphatic hydroxyl groups is 2. The Hall–Kier alpha value is -0.550. The minimum absolute atomic E-state index is 0.0305. The van der Waals surface area contributed by atoms with E-state index in [1.807, 2.05) is 30.3 Å². The van der Waals surface area contributed by atoms with Crippen LogP contribution >= 0.6 is 11.8 Å². The van der Waals surface area contributed by atoms with Crippen LogP contribution in [0.3, 0.4) is 0 Å². The number of hydrogen-bond donors (Lipinski definition) is 2. The van der Waals surface area contributed by atoms with Crippen LogP contribution in [0.1, 0.15) is 12.8 Å². The maximum Gasteiger partial charge on any atom is 0.108 e. The molecule has 3 nitrogen and oxygen atoms in total. The smallest absolute Gasteiger partial charge is 0.108 e. The lowest BCUT2D eigenvalue weighted by Gasteiger charge is -2.32. The molecule has 1 heterocycles. The quantitative estimate of drug-likeness (QED) is 0.843. The average Bonchev–Trinajstić information content (AvgIpc) is 2.33. The fraction of sp³-hybridized carbons (Fsp3) is 0.500. The van der Waals surface area contributed by atoms with Crippen molar-refractivity contribution in [3.63, 3.8) is 0 Å². The molecule has 1 aromatic rings. The van der Waals surface area contributed by atoms with Crippen LogP contribution in [0.5, 0.6) is 0 Å². The van der Waals surface area contributed by atoms with Crippen LogP contribution in [0.4, 0.5) is 0 Å². The summed E-state index contributed by atoms with van der Waals surface area (Å²) in [4.78, 5) is 1.15. The first-order chi connectivity index (χ1) is 7.79. The van der Waals surface area contributed by atoms with Gasteiger partial charge in [-0.05, 0) is 25.0 Å². The van der Waals surface area contributed by atoms with Gasteiger partial charge >= 0.3 is 0 Å². The number of rotatable bonds is 3. The molecular formula is C12H16O3S. The number of hydrogen-bond acceptors (Lipinski definition) is 4. The van der Waals surface area contributed by atoms with Crippen LogP contribution in [0.2, 0.25) is 0 Å². The van der Waals surface area contributed by atoms with Crippen molar-refractivity contribution in [1.29, 1.82) is 0 Å². The zero-order valence-electron chi connectivity index (χ0n) is 8.95. The second kappa shape index (κ2) is 5.68. The lowest BCUT2D eigenvalue weighted by molar-refractivity contribution is -0.106. The summed E-state index contributed by atoms with van der Waals surface area (Å²) in [6, 6.07) is 10.0. The lowest BCUT2D eigenvalue weighted by atomic mass is 10.1. The van der Waals surface area contributed by atoms with E-state index in [2.05, 4.69) is 0 Å². The van der Waals surface area contributed by atoms with Crippen LogP contribution in [-0.2, 0) is 4.74 Å². The first-order valence-corrected chi connectivity index (χ1v) is 6.33. The molecular weight excluding hydrogens is 224 g/mol. The molecule has 2 N–H and O–H groups in total. The van der Waals surface area contributed by atoms with Crippen molar-refractivity contribution in [1.82, 2.24) is 0 Å². The number of ether oxygens (including phenoxy) is 1. The van der Waals surface area contributed by atoms with Crippen molar-refractivity contribution < 1.29 is 14.9 Å². The van der Waals surface area contributed by atoms with E-state index in [1.165, 1.54) is 0 Å². The van der Waals surface area contributed by atoms with Crippen LogP contribution < -0.4 is 0 Å². The molecule has 16 heavy (non-hydrogen) atoms. The Morgan fingerprint density at radius 1 is 1.25 bits per heavy atom. The van der Waals surface area contributed by atoms with Crippen molar-refractivity contribution in [2.24, 2.45) is 0 Å². The maximum atomic E-state index is 9.56. The highest BCUT2D eigenvalue weighted by Crippen LogP contribution is 2.32. The summed E-state index contributed by atoms with van der Waals surface area (Å²) < 4.78 is 5.61. The van der Waals surface area contributed by atoms with Crippen molar-refractivity contribution in [2.75, 3.05) is 6.61 Å². The maximum absolute atomic E-state index is 9.56. The van der Waals surface area contributed by atoms with E-state index in [9.17, 15) is 5.11 Å². The Balaban J connectivity index is 1.92. The zero-order chi connectivity index (χ0) is 11.4. The van der Waals surface area contributed by atoms with Crippen LogP contribution in [0.15, 0.2) is 35.2 Å². The van der Waals surface area contributed by atoms with Gasteiger partial charge in [-0.3, -0.25) is 0 Å². The van der Waals surface area contributed by atoms with Gasteiger partial charge in [0.05, 0.1) is 12.7 Å². The third kappa shape index (κ3) is 2.98. The normalized spacial score (nSPS) is 30.2. The number of thioether (sulfide) groups is 1. The van der Waals surface area contributed by atoms with E-state index in [-0.39, 0.29) is 12.0 Å². The summed E-state index contributed by atoms with van der Waals surface area (Å²) in [5, 5.41) is 18.6. The first-order valence-electron chi connectivity index (χ1n) is 5.45. The summed E-state index contributed by atoms with van der Waals surface area (Å²) in [6.45, 7) is -0.118. The highest BCUT2D eigenvalue weighted by molar-refractivity contribution is 7.99. The summed E-state index contributed by atoms with van der Waals surface area (Å²) in [7, 11) is 0. The predicted molar refractivity (Wildman–Crippen MR) is 63.3 cm³/mol. The summed E-state index contributed by atoms with van der Waals surface area (Å²) >= 11 is 1.64. The fourth-order valence-corrected chi connectivity index (χ4v) is 2.82. The molecule has 0 spiro atoms. The van der Waals surface area contributed by atoms with Gasteiger partial charge in [0.2, 0.25) is 0 Å². The lowest BCUT2D eigenvalue weighted by Crippen LogP contribution is -2.39. The molecule has 1 aromatic carbocycles. The Morgan fingerprint density at radius 3 is 2.69 bits per heavy atom. The highest BCUT2D eigenvalue weighted by Gasteiger charge is 2.29. The van der Waals surface area contributed by atoms with Gasteiger partial charge in [0.25, 0.3) is 0 Å². The van der Waals surface area contributed by atoms with Crippen LogP contribution in [0.25, 0.3) is 0 Å². The van der Waals surface area contributed by atoms with E-state index in [4.69, 9.17) is 9.84 Å². The van der Waals surface area contributed by atoms with Gasteiger partial charge in [-0.2, -0.15) is 0 Å². The van der Waals surface area contributed by atoms with E-state index < -0.39 is 12.2 Å². The molecule has 1 fully saturated rings. The molecule has 4 heteroatoms. The predicted octanol–water partition coefficient (Wildman–Crippen LogP) is 1.64. The minimum Gasteiger partial charge on any atom is -0.394 e. The van der Waals surface area contributed by atoms with Gasteiger partial charge in [-0.25, -0.2) is 0 Å². The van der Waals surface area contributed by atoms with Crippen LogP contribution in [-0.4, -0.2) is 34.5 Å². The Labute approximate surface area is 99.4 Å². The van der Waals surface area contributed by atoms with E-state index in [1.54, 1.807) is 11.8 Å². The van der Waals surface area contributed by atoms with Gasteiger partial charge in [0.1, 0.15) is 11.5 Å². The average molecular weight is 240 g/mol. The largest absolute Gasteiger partial charge is 0.394 e.